The second-order valence-electron chi connectivity index (χ2n) is 3.61. The maximum atomic E-state index is 11.3. The fourth-order valence-electron chi connectivity index (χ4n) is 1.29. The molecule has 0 spiro atoms. The Morgan fingerprint density at radius 2 is 2.24 bits per heavy atom. The molecule has 0 aliphatic rings. The number of aryl methyl sites for hydroxylation is 1. The topological polar surface area (TPSA) is 38.3 Å². The number of hydrogen-bond acceptors (Lipinski definition) is 3. The number of carbonyl (C=O) groups excluding carboxylic acids is 1. The summed E-state index contributed by atoms with van der Waals surface area (Å²) in [6.07, 6.45) is 0. The Morgan fingerprint density at radius 3 is 2.88 bits per heavy atom. The molecule has 0 bridgehead atoms. The smallest absolute Gasteiger partial charge is 0.335 e. The van der Waals surface area contributed by atoms with Gasteiger partial charge in [0.25, 0.3) is 0 Å². The number of nitrogens with one attached hydrogen (secondary N) is 1. The predicted octanol–water partition coefficient (Wildman–Crippen LogP) is 3.29. The molecule has 1 rings (SSSR count). The highest BCUT2D eigenvalue weighted by atomic mass is 79.9. The summed E-state index contributed by atoms with van der Waals surface area (Å²) in [7, 11) is 0. The lowest BCUT2D eigenvalue weighted by Crippen LogP contribution is -2.15. The maximum absolute atomic E-state index is 11.3. The standard InChI is InChI=1S/C13H16BrNO2/c1-4-17-13(16)10(3)8-15-11-7-5-6-9(2)12(11)14/h5-7,15H,3-4,8H2,1-2H3. The number of ether oxygens (including phenoxy) is 1. The first-order chi connectivity index (χ1) is 8.06. The molecule has 0 saturated heterocycles. The van der Waals surface area contributed by atoms with Crippen molar-refractivity contribution >= 4 is 27.6 Å². The molecule has 0 radical (unpaired) electrons. The molecule has 0 amide bonds. The SMILES string of the molecule is C=C(CNc1cccc(C)c1Br)C(=O)OCC. The van der Waals surface area contributed by atoms with E-state index in [0.29, 0.717) is 18.7 Å². The largest absolute Gasteiger partial charge is 0.463 e. The maximum Gasteiger partial charge on any atom is 0.335 e. The number of hydrogen-bond donors (Lipinski definition) is 1. The fraction of sp³-hybridized carbons (Fsp3) is 0.308. The van der Waals surface area contributed by atoms with Crippen LogP contribution in [0, 0.1) is 6.92 Å². The molecule has 3 nitrogen and oxygen atoms in total. The van der Waals surface area contributed by atoms with Crippen LogP contribution >= 0.6 is 15.9 Å². The van der Waals surface area contributed by atoms with Gasteiger partial charge in [-0.05, 0) is 41.4 Å². The van der Waals surface area contributed by atoms with Gasteiger partial charge in [0.2, 0.25) is 0 Å². The van der Waals surface area contributed by atoms with E-state index in [1.807, 2.05) is 25.1 Å². The van der Waals surface area contributed by atoms with Gasteiger partial charge >= 0.3 is 5.97 Å². The highest BCUT2D eigenvalue weighted by molar-refractivity contribution is 9.10. The zero-order valence-electron chi connectivity index (χ0n) is 10.0. The van der Waals surface area contributed by atoms with Gasteiger partial charge in [-0.3, -0.25) is 0 Å². The van der Waals surface area contributed by atoms with Gasteiger partial charge in [0.15, 0.2) is 0 Å². The van der Waals surface area contributed by atoms with E-state index in [2.05, 4.69) is 27.8 Å². The van der Waals surface area contributed by atoms with Crippen molar-refractivity contribution in [1.29, 1.82) is 0 Å². The van der Waals surface area contributed by atoms with Crippen molar-refractivity contribution in [2.75, 3.05) is 18.5 Å². The summed E-state index contributed by atoms with van der Waals surface area (Å²) in [5, 5.41) is 3.15. The molecule has 0 unspecified atom stereocenters. The average molecular weight is 298 g/mol. The van der Waals surface area contributed by atoms with Crippen LogP contribution in [0.4, 0.5) is 5.69 Å². The first-order valence-corrected chi connectivity index (χ1v) is 6.19. The lowest BCUT2D eigenvalue weighted by molar-refractivity contribution is -0.138. The monoisotopic (exact) mass is 297 g/mol. The molecular formula is C13H16BrNO2. The molecule has 0 heterocycles. The van der Waals surface area contributed by atoms with Crippen LogP contribution in [0.3, 0.4) is 0 Å². The third kappa shape index (κ3) is 3.89. The minimum atomic E-state index is -0.358. The van der Waals surface area contributed by atoms with Gasteiger partial charge in [0.1, 0.15) is 0 Å². The molecule has 0 atom stereocenters. The molecule has 1 aromatic carbocycles. The summed E-state index contributed by atoms with van der Waals surface area (Å²) in [6, 6.07) is 5.90. The van der Waals surface area contributed by atoms with Gasteiger partial charge < -0.3 is 10.1 Å². The Bertz CT molecular complexity index is 429. The molecule has 17 heavy (non-hydrogen) atoms. The molecule has 0 saturated carbocycles. The van der Waals surface area contributed by atoms with Gasteiger partial charge in [-0.25, -0.2) is 4.79 Å². The summed E-state index contributed by atoms with van der Waals surface area (Å²) in [5.74, 6) is -0.358. The minimum absolute atomic E-state index is 0.358. The van der Waals surface area contributed by atoms with Gasteiger partial charge in [-0.15, -0.1) is 0 Å². The summed E-state index contributed by atoms with van der Waals surface area (Å²) < 4.78 is 5.85. The number of benzene rings is 1. The third-order valence-electron chi connectivity index (χ3n) is 2.25. The summed E-state index contributed by atoms with van der Waals surface area (Å²) in [5.41, 5.74) is 2.49. The van der Waals surface area contributed by atoms with Crippen molar-refractivity contribution < 1.29 is 9.53 Å². The summed E-state index contributed by atoms with van der Waals surface area (Å²) >= 11 is 3.49. The van der Waals surface area contributed by atoms with Crippen molar-refractivity contribution in [3.8, 4) is 0 Å². The van der Waals surface area contributed by atoms with E-state index in [9.17, 15) is 4.79 Å². The lowest BCUT2D eigenvalue weighted by atomic mass is 10.2. The zero-order chi connectivity index (χ0) is 12.8. The first-order valence-electron chi connectivity index (χ1n) is 5.40. The van der Waals surface area contributed by atoms with Crippen LogP contribution in [0.1, 0.15) is 12.5 Å². The van der Waals surface area contributed by atoms with Crippen molar-refractivity contribution in [2.45, 2.75) is 13.8 Å². The number of esters is 1. The molecule has 1 aromatic rings. The molecular weight excluding hydrogens is 282 g/mol. The Balaban J connectivity index is 2.59. The van der Waals surface area contributed by atoms with Gasteiger partial charge in [-0.1, -0.05) is 18.7 Å². The van der Waals surface area contributed by atoms with Gasteiger partial charge in [0.05, 0.1) is 6.61 Å². The number of carbonyl (C=O) groups is 1. The van der Waals surface area contributed by atoms with Crippen molar-refractivity contribution in [2.24, 2.45) is 0 Å². The van der Waals surface area contributed by atoms with Crippen LogP contribution in [0.25, 0.3) is 0 Å². The van der Waals surface area contributed by atoms with E-state index in [-0.39, 0.29) is 5.97 Å². The molecule has 0 aromatic heterocycles. The van der Waals surface area contributed by atoms with E-state index in [1.54, 1.807) is 6.92 Å². The van der Waals surface area contributed by atoms with Crippen LogP contribution in [0.15, 0.2) is 34.8 Å². The third-order valence-corrected chi connectivity index (χ3v) is 3.30. The van der Waals surface area contributed by atoms with Crippen molar-refractivity contribution in [3.63, 3.8) is 0 Å². The van der Waals surface area contributed by atoms with Gasteiger partial charge in [-0.2, -0.15) is 0 Å². The van der Waals surface area contributed by atoms with E-state index in [0.717, 1.165) is 15.7 Å². The molecule has 1 N–H and O–H groups in total. The number of anilines is 1. The predicted molar refractivity (Wildman–Crippen MR) is 73.1 cm³/mol. The molecule has 4 heteroatoms. The lowest BCUT2D eigenvalue weighted by Gasteiger charge is -2.11. The fourth-order valence-corrected chi connectivity index (χ4v) is 1.70. The minimum Gasteiger partial charge on any atom is -0.463 e. The van der Waals surface area contributed by atoms with Crippen molar-refractivity contribution in [3.05, 3.63) is 40.4 Å². The van der Waals surface area contributed by atoms with Crippen LogP contribution < -0.4 is 5.32 Å². The second kappa shape index (κ2) is 6.45. The molecule has 92 valence electrons. The van der Waals surface area contributed by atoms with E-state index < -0.39 is 0 Å². The highest BCUT2D eigenvalue weighted by Gasteiger charge is 2.08. The second-order valence-corrected chi connectivity index (χ2v) is 4.41. The molecule has 0 fully saturated rings. The number of halogens is 1. The Kier molecular flexibility index (Phi) is 5.22. The Morgan fingerprint density at radius 1 is 1.53 bits per heavy atom. The van der Waals surface area contributed by atoms with E-state index in [4.69, 9.17) is 4.74 Å². The first kappa shape index (κ1) is 13.8. The normalized spacial score (nSPS) is 9.82. The Hall–Kier alpha value is -1.29. The Labute approximate surface area is 110 Å². The van der Waals surface area contributed by atoms with Crippen molar-refractivity contribution in [1.82, 2.24) is 0 Å². The van der Waals surface area contributed by atoms with Crippen LogP contribution in [-0.2, 0) is 9.53 Å². The summed E-state index contributed by atoms with van der Waals surface area (Å²) in [6.45, 7) is 8.21. The highest BCUT2D eigenvalue weighted by Crippen LogP contribution is 2.25. The zero-order valence-corrected chi connectivity index (χ0v) is 11.6. The van der Waals surface area contributed by atoms with Crippen LogP contribution in [0.5, 0.6) is 0 Å². The number of rotatable bonds is 5. The van der Waals surface area contributed by atoms with E-state index >= 15 is 0 Å². The summed E-state index contributed by atoms with van der Waals surface area (Å²) in [4.78, 5) is 11.3. The van der Waals surface area contributed by atoms with Crippen LogP contribution in [0.2, 0.25) is 0 Å². The van der Waals surface area contributed by atoms with E-state index in [1.165, 1.54) is 0 Å². The quantitative estimate of drug-likeness (QED) is 0.669. The average Bonchev–Trinajstić information content (AvgIpc) is 2.31. The molecule has 0 aliphatic heterocycles. The van der Waals surface area contributed by atoms with Gasteiger partial charge in [0, 0.05) is 22.3 Å². The molecule has 0 aliphatic carbocycles. The van der Waals surface area contributed by atoms with Crippen LogP contribution in [-0.4, -0.2) is 19.1 Å².